The van der Waals surface area contributed by atoms with Gasteiger partial charge < -0.3 is 20.3 Å². The zero-order chi connectivity index (χ0) is 25.8. The zero-order valence-corrected chi connectivity index (χ0v) is 21.2. The van der Waals surface area contributed by atoms with Gasteiger partial charge in [0.1, 0.15) is 23.6 Å². The molecule has 9 heteroatoms. The lowest BCUT2D eigenvalue weighted by atomic mass is 10.0. The predicted molar refractivity (Wildman–Crippen MR) is 144 cm³/mol. The van der Waals surface area contributed by atoms with Crippen molar-refractivity contribution in [2.75, 3.05) is 44.5 Å². The second-order valence-electron chi connectivity index (χ2n) is 9.65. The minimum Gasteiger partial charge on any atom is -0.457 e. The third-order valence-corrected chi connectivity index (χ3v) is 6.70. The number of carbonyl (C=O) groups excluding carboxylic acids is 1. The molecule has 3 aromatic rings. The molecule has 0 spiro atoms. The lowest BCUT2D eigenvalue weighted by molar-refractivity contribution is -0.126. The largest absolute Gasteiger partial charge is 0.457 e. The van der Waals surface area contributed by atoms with Crippen LogP contribution in [0.5, 0.6) is 11.5 Å². The number of anilines is 2. The summed E-state index contributed by atoms with van der Waals surface area (Å²) in [5, 5.41) is 2.02. The fraction of sp³-hybridized carbons (Fsp3) is 0.321. The molecular weight excluding hydrogens is 466 g/mol. The molecule has 1 aromatic heterocycles. The molecule has 9 nitrogen and oxygen atoms in total. The molecule has 2 aliphatic rings. The van der Waals surface area contributed by atoms with Gasteiger partial charge >= 0.3 is 0 Å². The van der Waals surface area contributed by atoms with Crippen molar-refractivity contribution in [1.82, 2.24) is 25.2 Å². The minimum absolute atomic E-state index is 0.0523. The van der Waals surface area contributed by atoms with Crippen molar-refractivity contribution in [2.45, 2.75) is 24.9 Å². The second kappa shape index (κ2) is 11.0. The molecule has 0 bridgehead atoms. The van der Waals surface area contributed by atoms with Crippen LogP contribution in [-0.4, -0.2) is 65.4 Å². The van der Waals surface area contributed by atoms with Gasteiger partial charge in [-0.05, 0) is 56.8 Å². The van der Waals surface area contributed by atoms with E-state index in [0.717, 1.165) is 54.4 Å². The van der Waals surface area contributed by atoms with Crippen LogP contribution < -0.4 is 20.9 Å². The fourth-order valence-electron chi connectivity index (χ4n) is 4.89. The number of likely N-dealkylation sites (tertiary alicyclic amines) is 1. The molecule has 0 saturated carbocycles. The molecular formula is C28H33N7O2. The molecule has 1 saturated heterocycles. The first kappa shape index (κ1) is 24.7. The van der Waals surface area contributed by atoms with E-state index in [1.807, 2.05) is 89.6 Å². The van der Waals surface area contributed by atoms with Crippen LogP contribution in [0, 0.1) is 0 Å². The molecule has 2 atom stereocenters. The van der Waals surface area contributed by atoms with E-state index in [2.05, 4.69) is 15.4 Å². The number of rotatable bonds is 8. The number of benzene rings is 2. The highest BCUT2D eigenvalue weighted by Gasteiger charge is 2.37. The van der Waals surface area contributed by atoms with E-state index in [0.29, 0.717) is 12.4 Å². The van der Waals surface area contributed by atoms with E-state index in [1.54, 1.807) is 6.08 Å². The Hall–Kier alpha value is -3.95. The standard InChI is InChI=1S/C28H33N7O2/c1-33(2)16-7-11-24(36)34-17-6-8-21(34)18-35-28-25(27(29)30-19-31-28)26(32-35)20-12-14-23(15-13-20)37-22-9-4-3-5-10-22/h3-5,7,9-15,19,21,26,32H,6,8,16-18H2,1-2H3,(H2,29,30,31)/b11-7+/t21-,26?/m0/s1. The normalized spacial score (nSPS) is 19.1. The Kier molecular flexibility index (Phi) is 7.34. The van der Waals surface area contributed by atoms with Gasteiger partial charge in [0.2, 0.25) is 5.91 Å². The zero-order valence-electron chi connectivity index (χ0n) is 21.2. The van der Waals surface area contributed by atoms with Gasteiger partial charge in [-0.2, -0.15) is 0 Å². The summed E-state index contributed by atoms with van der Waals surface area (Å²) >= 11 is 0. The first-order valence-corrected chi connectivity index (χ1v) is 12.6. The summed E-state index contributed by atoms with van der Waals surface area (Å²) in [6.45, 7) is 2.11. The maximum absolute atomic E-state index is 12.9. The Balaban J connectivity index is 1.32. The Bertz CT molecular complexity index is 1250. The van der Waals surface area contributed by atoms with Crippen molar-refractivity contribution in [3.05, 3.63) is 84.2 Å². The van der Waals surface area contributed by atoms with Crippen molar-refractivity contribution >= 4 is 17.5 Å². The number of fused-ring (bicyclic) bond motifs is 1. The van der Waals surface area contributed by atoms with E-state index in [-0.39, 0.29) is 18.0 Å². The van der Waals surface area contributed by atoms with Crippen LogP contribution in [-0.2, 0) is 4.79 Å². The van der Waals surface area contributed by atoms with E-state index in [4.69, 9.17) is 10.5 Å². The summed E-state index contributed by atoms with van der Waals surface area (Å²) in [6.07, 6.45) is 7.01. The molecule has 3 N–H and O–H groups in total. The third-order valence-electron chi connectivity index (χ3n) is 6.70. The van der Waals surface area contributed by atoms with Gasteiger partial charge in [0.05, 0.1) is 24.2 Å². The van der Waals surface area contributed by atoms with E-state index in [1.165, 1.54) is 6.33 Å². The number of hydrogen-bond acceptors (Lipinski definition) is 8. The third kappa shape index (κ3) is 5.58. The molecule has 1 unspecified atom stereocenters. The quantitative estimate of drug-likeness (QED) is 0.455. The molecule has 0 aliphatic carbocycles. The van der Waals surface area contributed by atoms with Crippen LogP contribution in [0.4, 0.5) is 11.6 Å². The number of nitrogens with zero attached hydrogens (tertiary/aromatic N) is 5. The molecule has 2 aromatic carbocycles. The van der Waals surface area contributed by atoms with Gasteiger partial charge in [-0.15, -0.1) is 0 Å². The predicted octanol–water partition coefficient (Wildman–Crippen LogP) is 3.37. The second-order valence-corrected chi connectivity index (χ2v) is 9.65. The van der Waals surface area contributed by atoms with Crippen LogP contribution in [0.25, 0.3) is 0 Å². The van der Waals surface area contributed by atoms with Gasteiger partial charge in [0, 0.05) is 19.2 Å². The summed E-state index contributed by atoms with van der Waals surface area (Å²) in [6, 6.07) is 17.5. The van der Waals surface area contributed by atoms with Crippen molar-refractivity contribution in [3.63, 3.8) is 0 Å². The monoisotopic (exact) mass is 499 g/mol. The van der Waals surface area contributed by atoms with Crippen LogP contribution in [0.2, 0.25) is 0 Å². The van der Waals surface area contributed by atoms with Gasteiger partial charge in [-0.3, -0.25) is 9.80 Å². The minimum atomic E-state index is -0.201. The van der Waals surface area contributed by atoms with Crippen molar-refractivity contribution in [3.8, 4) is 11.5 Å². The highest BCUT2D eigenvalue weighted by atomic mass is 16.5. The van der Waals surface area contributed by atoms with Crippen LogP contribution in [0.15, 0.2) is 73.1 Å². The molecule has 1 amide bonds. The van der Waals surface area contributed by atoms with Crippen molar-refractivity contribution in [2.24, 2.45) is 0 Å². The summed E-state index contributed by atoms with van der Waals surface area (Å²) in [7, 11) is 3.97. The highest BCUT2D eigenvalue weighted by Crippen LogP contribution is 2.39. The maximum Gasteiger partial charge on any atom is 0.246 e. The number of nitrogens with two attached hydrogens (primary N) is 1. The lowest BCUT2D eigenvalue weighted by Gasteiger charge is -2.29. The lowest BCUT2D eigenvalue weighted by Crippen LogP contribution is -2.46. The smallest absolute Gasteiger partial charge is 0.246 e. The number of carbonyl (C=O) groups is 1. The van der Waals surface area contributed by atoms with Gasteiger partial charge in [-0.1, -0.05) is 36.4 Å². The van der Waals surface area contributed by atoms with Gasteiger partial charge in [-0.25, -0.2) is 15.4 Å². The van der Waals surface area contributed by atoms with Gasteiger partial charge in [0.25, 0.3) is 0 Å². The van der Waals surface area contributed by atoms with Crippen LogP contribution >= 0.6 is 0 Å². The van der Waals surface area contributed by atoms with Gasteiger partial charge in [0.15, 0.2) is 5.82 Å². The molecule has 192 valence electrons. The molecule has 0 radical (unpaired) electrons. The summed E-state index contributed by atoms with van der Waals surface area (Å²) < 4.78 is 5.95. The van der Waals surface area contributed by atoms with E-state index in [9.17, 15) is 4.79 Å². The summed E-state index contributed by atoms with van der Waals surface area (Å²) in [5.74, 6) is 2.79. The molecule has 3 heterocycles. The number of nitrogen functional groups attached to an aromatic ring is 1. The number of likely N-dealkylation sites (N-methyl/N-ethyl adjacent to an activating group) is 1. The highest BCUT2D eigenvalue weighted by molar-refractivity contribution is 5.88. The van der Waals surface area contributed by atoms with E-state index >= 15 is 0 Å². The number of hydrazine groups is 1. The van der Waals surface area contributed by atoms with Crippen molar-refractivity contribution in [1.29, 1.82) is 0 Å². The Labute approximate surface area is 217 Å². The number of aromatic nitrogens is 2. The SMILES string of the molecule is CN(C)C/C=C/C(=O)N1CCC[C@H]1CN1NC(c2ccc(Oc3ccccc3)cc2)c2c(N)ncnc21. The Morgan fingerprint density at radius 3 is 2.65 bits per heavy atom. The maximum atomic E-state index is 12.9. The average molecular weight is 500 g/mol. The van der Waals surface area contributed by atoms with Crippen LogP contribution in [0.3, 0.4) is 0 Å². The molecule has 2 aliphatic heterocycles. The number of nitrogens with one attached hydrogen (secondary N) is 1. The fourth-order valence-corrected chi connectivity index (χ4v) is 4.89. The summed E-state index contributed by atoms with van der Waals surface area (Å²) in [5.41, 5.74) is 11.8. The van der Waals surface area contributed by atoms with E-state index < -0.39 is 0 Å². The average Bonchev–Trinajstić information content (AvgIpc) is 3.51. The Morgan fingerprint density at radius 2 is 1.89 bits per heavy atom. The molecule has 1 fully saturated rings. The summed E-state index contributed by atoms with van der Waals surface area (Å²) in [4.78, 5) is 25.7. The number of hydrogen-bond donors (Lipinski definition) is 2. The molecule has 37 heavy (non-hydrogen) atoms. The Morgan fingerprint density at radius 1 is 1.14 bits per heavy atom. The first-order valence-electron chi connectivity index (χ1n) is 12.6. The number of ether oxygens (including phenoxy) is 1. The number of para-hydroxylation sites is 1. The topological polar surface area (TPSA) is 99.9 Å². The van der Waals surface area contributed by atoms with Crippen LogP contribution in [0.1, 0.15) is 30.0 Å². The van der Waals surface area contributed by atoms with Crippen molar-refractivity contribution < 1.29 is 9.53 Å². The molecule has 5 rings (SSSR count). The first-order chi connectivity index (χ1) is 18.0. The number of amides is 1.